The third-order valence-corrected chi connectivity index (χ3v) is 0.948. The van der Waals surface area contributed by atoms with Gasteiger partial charge < -0.3 is 0 Å². The van der Waals surface area contributed by atoms with Gasteiger partial charge in [-0.2, -0.15) is 0 Å². The summed E-state index contributed by atoms with van der Waals surface area (Å²) in [6, 6.07) is -0.542. The van der Waals surface area contributed by atoms with Crippen molar-refractivity contribution < 1.29 is 9.59 Å². The second-order valence-electron chi connectivity index (χ2n) is 1.24. The first-order chi connectivity index (χ1) is 3.70. The quantitative estimate of drug-likeness (QED) is 0.332. The molecule has 1 aliphatic heterocycles. The van der Waals surface area contributed by atoms with Crippen molar-refractivity contribution in [3.63, 3.8) is 0 Å². The lowest BCUT2D eigenvalue weighted by atomic mass is 10.7. The van der Waals surface area contributed by atoms with Gasteiger partial charge in [0.1, 0.15) is 0 Å². The van der Waals surface area contributed by atoms with Crippen LogP contribution in [0.3, 0.4) is 0 Å². The first-order valence-corrected chi connectivity index (χ1v) is 2.27. The van der Waals surface area contributed by atoms with Gasteiger partial charge in [0, 0.05) is 0 Å². The Labute approximate surface area is 50.2 Å². The van der Waals surface area contributed by atoms with Crippen LogP contribution in [0.2, 0.25) is 0 Å². The van der Waals surface area contributed by atoms with E-state index < -0.39 is 11.9 Å². The molecule has 2 N–H and O–H groups in total. The van der Waals surface area contributed by atoms with Crippen LogP contribution in [0.1, 0.15) is 0 Å². The molecular weight excluding hydrogens is 128 g/mol. The standard InChI is InChI=1S/C3H2N2O2S/c6-1-2(8)5-3(7)4-1/h(H2,4,5,6,7,8). The van der Waals surface area contributed by atoms with Crippen LogP contribution in [-0.2, 0) is 4.79 Å². The fourth-order valence-electron chi connectivity index (χ4n) is 0.351. The lowest BCUT2D eigenvalue weighted by Crippen LogP contribution is -2.22. The lowest BCUT2D eigenvalue weighted by molar-refractivity contribution is -0.113. The molecule has 0 atom stereocenters. The maximum absolute atomic E-state index is 10.2. The van der Waals surface area contributed by atoms with Crippen molar-refractivity contribution in [1.29, 1.82) is 0 Å². The molecule has 0 bridgehead atoms. The first-order valence-electron chi connectivity index (χ1n) is 1.86. The Morgan fingerprint density at radius 3 is 2.00 bits per heavy atom. The molecule has 4 nitrogen and oxygen atoms in total. The Morgan fingerprint density at radius 1 is 1.25 bits per heavy atom. The molecule has 1 saturated heterocycles. The van der Waals surface area contributed by atoms with E-state index in [4.69, 9.17) is 0 Å². The number of rotatable bonds is 0. The van der Waals surface area contributed by atoms with Crippen LogP contribution in [0.4, 0.5) is 4.79 Å². The number of carbonyl (C=O) groups excluding carboxylic acids is 2. The molecule has 1 heterocycles. The van der Waals surface area contributed by atoms with Crippen molar-refractivity contribution in [2.75, 3.05) is 0 Å². The van der Waals surface area contributed by atoms with Crippen molar-refractivity contribution in [3.05, 3.63) is 0 Å². The van der Waals surface area contributed by atoms with Gasteiger partial charge in [-0.25, -0.2) is 4.79 Å². The topological polar surface area (TPSA) is 58.2 Å². The summed E-state index contributed by atoms with van der Waals surface area (Å²) in [5.74, 6) is -0.523. The minimum atomic E-state index is -0.542. The van der Waals surface area contributed by atoms with Crippen molar-refractivity contribution in [2.24, 2.45) is 0 Å². The molecule has 42 valence electrons. The minimum Gasteiger partial charge on any atom is -0.294 e. The summed E-state index contributed by atoms with van der Waals surface area (Å²) >= 11 is 4.37. The molecule has 0 aromatic heterocycles. The summed E-state index contributed by atoms with van der Waals surface area (Å²) in [4.78, 5) is 20.3. The Hall–Kier alpha value is -0.970. The van der Waals surface area contributed by atoms with Crippen LogP contribution >= 0.6 is 12.2 Å². The maximum atomic E-state index is 10.2. The second-order valence-corrected chi connectivity index (χ2v) is 1.65. The zero-order chi connectivity index (χ0) is 6.15. The third kappa shape index (κ3) is 0.671. The molecular formula is C3H2N2O2S. The monoisotopic (exact) mass is 130 g/mol. The van der Waals surface area contributed by atoms with Gasteiger partial charge in [-0.15, -0.1) is 0 Å². The average molecular weight is 130 g/mol. The molecule has 5 heteroatoms. The average Bonchev–Trinajstić information content (AvgIpc) is 1.85. The number of hydrogen-bond donors (Lipinski definition) is 2. The summed E-state index contributed by atoms with van der Waals surface area (Å²) in [5, 5.41) is 4.03. The molecule has 0 unspecified atom stereocenters. The predicted octanol–water partition coefficient (Wildman–Crippen LogP) is -0.847. The zero-order valence-corrected chi connectivity index (χ0v) is 4.54. The molecule has 0 spiro atoms. The first kappa shape index (κ1) is 5.17. The number of urea groups is 1. The van der Waals surface area contributed by atoms with E-state index in [-0.39, 0.29) is 4.99 Å². The van der Waals surface area contributed by atoms with Gasteiger partial charge >= 0.3 is 6.03 Å². The Balaban J connectivity index is 2.79. The molecule has 1 fully saturated rings. The maximum Gasteiger partial charge on any atom is 0.327 e. The fourth-order valence-corrected chi connectivity index (χ4v) is 0.495. The second kappa shape index (κ2) is 1.52. The van der Waals surface area contributed by atoms with E-state index in [1.807, 2.05) is 5.32 Å². The van der Waals surface area contributed by atoms with Gasteiger partial charge in [0.2, 0.25) is 0 Å². The molecule has 3 amide bonds. The highest BCUT2D eigenvalue weighted by Crippen LogP contribution is 1.81. The van der Waals surface area contributed by atoms with Gasteiger partial charge in [0.15, 0.2) is 4.99 Å². The number of carbonyl (C=O) groups is 2. The normalized spacial score (nSPS) is 18.2. The lowest BCUT2D eigenvalue weighted by Gasteiger charge is -1.78. The molecule has 0 aliphatic carbocycles. The SMILES string of the molecule is O=C1NC(=O)C(=S)N1. The highest BCUT2D eigenvalue weighted by Gasteiger charge is 2.21. The van der Waals surface area contributed by atoms with Gasteiger partial charge in [-0.3, -0.25) is 15.4 Å². The molecule has 1 rings (SSSR count). The highest BCUT2D eigenvalue weighted by molar-refractivity contribution is 7.82. The molecule has 1 aliphatic rings. The fraction of sp³-hybridized carbons (Fsp3) is 0. The van der Waals surface area contributed by atoms with E-state index in [0.29, 0.717) is 0 Å². The Morgan fingerprint density at radius 2 is 1.88 bits per heavy atom. The summed E-state index contributed by atoms with van der Waals surface area (Å²) < 4.78 is 0. The van der Waals surface area contributed by atoms with Crippen molar-refractivity contribution in [1.82, 2.24) is 10.6 Å². The van der Waals surface area contributed by atoms with Gasteiger partial charge in [-0.05, 0) is 0 Å². The zero-order valence-electron chi connectivity index (χ0n) is 3.72. The molecule has 0 radical (unpaired) electrons. The summed E-state index contributed by atoms with van der Waals surface area (Å²) in [6.45, 7) is 0. The Bertz CT molecular complexity index is 158. The Kier molecular flexibility index (Phi) is 0.980. The highest BCUT2D eigenvalue weighted by atomic mass is 32.1. The predicted molar refractivity (Wildman–Crippen MR) is 29.3 cm³/mol. The van der Waals surface area contributed by atoms with Crippen molar-refractivity contribution in [2.45, 2.75) is 0 Å². The number of nitrogens with one attached hydrogen (secondary N) is 2. The van der Waals surface area contributed by atoms with E-state index in [9.17, 15) is 9.59 Å². The number of imide groups is 1. The van der Waals surface area contributed by atoms with Crippen LogP contribution < -0.4 is 10.6 Å². The van der Waals surface area contributed by atoms with E-state index >= 15 is 0 Å². The van der Waals surface area contributed by atoms with Gasteiger partial charge in [0.05, 0.1) is 0 Å². The van der Waals surface area contributed by atoms with Crippen molar-refractivity contribution in [3.8, 4) is 0 Å². The van der Waals surface area contributed by atoms with Crippen LogP contribution in [0.15, 0.2) is 0 Å². The number of hydrogen-bond acceptors (Lipinski definition) is 3. The number of thiocarbonyl (C=S) groups is 1. The van der Waals surface area contributed by atoms with E-state index in [1.54, 1.807) is 0 Å². The van der Waals surface area contributed by atoms with E-state index in [1.165, 1.54) is 0 Å². The van der Waals surface area contributed by atoms with Crippen LogP contribution in [0, 0.1) is 0 Å². The summed E-state index contributed by atoms with van der Waals surface area (Å²) in [7, 11) is 0. The smallest absolute Gasteiger partial charge is 0.294 e. The van der Waals surface area contributed by atoms with Gasteiger partial charge in [-0.1, -0.05) is 12.2 Å². The molecule has 8 heavy (non-hydrogen) atoms. The van der Waals surface area contributed by atoms with Crippen LogP contribution in [-0.4, -0.2) is 16.9 Å². The molecule has 0 aromatic carbocycles. The summed E-state index contributed by atoms with van der Waals surface area (Å²) in [5.41, 5.74) is 0. The number of amides is 3. The van der Waals surface area contributed by atoms with E-state index in [2.05, 4.69) is 17.5 Å². The summed E-state index contributed by atoms with van der Waals surface area (Å²) in [6.07, 6.45) is 0. The van der Waals surface area contributed by atoms with Crippen LogP contribution in [0.5, 0.6) is 0 Å². The van der Waals surface area contributed by atoms with Gasteiger partial charge in [0.25, 0.3) is 5.91 Å². The minimum absolute atomic E-state index is 0.0602. The molecule has 0 aromatic rings. The molecule has 0 saturated carbocycles. The third-order valence-electron chi connectivity index (χ3n) is 0.660. The van der Waals surface area contributed by atoms with Crippen LogP contribution in [0.25, 0.3) is 0 Å². The van der Waals surface area contributed by atoms with E-state index in [0.717, 1.165) is 0 Å². The largest absolute Gasteiger partial charge is 0.327 e. The van der Waals surface area contributed by atoms with Crippen molar-refractivity contribution >= 4 is 29.1 Å².